The maximum absolute atomic E-state index is 12.8. The van der Waals surface area contributed by atoms with Crippen molar-refractivity contribution in [1.29, 1.82) is 0 Å². The Morgan fingerprint density at radius 2 is 1.95 bits per heavy atom. The molecule has 1 aromatic rings. The molecule has 1 aromatic carbocycles. The predicted octanol–water partition coefficient (Wildman–Crippen LogP) is 2.14. The van der Waals surface area contributed by atoms with Crippen LogP contribution >= 0.6 is 0 Å². The van der Waals surface area contributed by atoms with Crippen LogP contribution < -0.4 is 10.5 Å². The highest BCUT2D eigenvalue weighted by Gasteiger charge is 2.35. The Morgan fingerprint density at radius 3 is 2.42 bits per heavy atom. The van der Waals surface area contributed by atoms with Crippen LogP contribution in [-0.4, -0.2) is 31.0 Å². The van der Waals surface area contributed by atoms with Gasteiger partial charge in [-0.1, -0.05) is 0 Å². The number of carbonyl (C=O) groups is 1. The second kappa shape index (κ2) is 5.38. The molecule has 0 saturated heterocycles. The monoisotopic (exact) mass is 276 g/mol. The van der Waals surface area contributed by atoms with E-state index >= 15 is 0 Å². The van der Waals surface area contributed by atoms with Crippen molar-refractivity contribution in [3.63, 3.8) is 0 Å². The first-order chi connectivity index (χ1) is 8.62. The molecule has 19 heavy (non-hydrogen) atoms. The van der Waals surface area contributed by atoms with Crippen molar-refractivity contribution in [2.75, 3.05) is 19.8 Å². The number of carbonyl (C=O) groups excluding carboxylic acids is 1. The standard InChI is InChI=1S/C12H15F3N2O2/c1-7(11(18)17(2)3)19-10-5-4-8(16)6-9(10)12(13,14)15/h4-7H,16H2,1-3H3. The summed E-state index contributed by atoms with van der Waals surface area (Å²) >= 11 is 0. The average Bonchev–Trinajstić information content (AvgIpc) is 2.28. The van der Waals surface area contributed by atoms with Crippen LogP contribution in [0.4, 0.5) is 18.9 Å². The number of hydrogen-bond acceptors (Lipinski definition) is 3. The van der Waals surface area contributed by atoms with E-state index < -0.39 is 29.5 Å². The highest BCUT2D eigenvalue weighted by atomic mass is 19.4. The van der Waals surface area contributed by atoms with Crippen LogP contribution in [0, 0.1) is 0 Å². The fraction of sp³-hybridized carbons (Fsp3) is 0.417. The van der Waals surface area contributed by atoms with Crippen LogP contribution in [0.15, 0.2) is 18.2 Å². The smallest absolute Gasteiger partial charge is 0.420 e. The molecule has 1 rings (SSSR count). The first kappa shape index (κ1) is 15.1. The van der Waals surface area contributed by atoms with Crippen molar-refractivity contribution < 1.29 is 22.7 Å². The Kier molecular flexibility index (Phi) is 4.28. The fourth-order valence-electron chi connectivity index (χ4n) is 1.48. The molecule has 0 aliphatic heterocycles. The Labute approximate surface area is 108 Å². The normalized spacial score (nSPS) is 12.9. The van der Waals surface area contributed by atoms with Crippen LogP contribution in [0.5, 0.6) is 5.75 Å². The summed E-state index contributed by atoms with van der Waals surface area (Å²) in [4.78, 5) is 12.8. The summed E-state index contributed by atoms with van der Waals surface area (Å²) in [5.41, 5.74) is 4.32. The van der Waals surface area contributed by atoms with Gasteiger partial charge in [-0.25, -0.2) is 0 Å². The van der Waals surface area contributed by atoms with Crippen molar-refractivity contribution in [3.05, 3.63) is 23.8 Å². The number of ether oxygens (including phenoxy) is 1. The molecule has 0 aromatic heterocycles. The van der Waals surface area contributed by atoms with Crippen LogP contribution in [0.2, 0.25) is 0 Å². The van der Waals surface area contributed by atoms with E-state index in [2.05, 4.69) is 0 Å². The van der Waals surface area contributed by atoms with Gasteiger partial charge in [0.25, 0.3) is 5.91 Å². The van der Waals surface area contributed by atoms with Gasteiger partial charge in [-0.15, -0.1) is 0 Å². The van der Waals surface area contributed by atoms with Gasteiger partial charge in [0.2, 0.25) is 0 Å². The predicted molar refractivity (Wildman–Crippen MR) is 64.6 cm³/mol. The summed E-state index contributed by atoms with van der Waals surface area (Å²) < 4.78 is 43.5. The zero-order valence-electron chi connectivity index (χ0n) is 10.8. The Balaban J connectivity index is 3.05. The Morgan fingerprint density at radius 1 is 1.37 bits per heavy atom. The number of benzene rings is 1. The Bertz CT molecular complexity index is 473. The average molecular weight is 276 g/mol. The van der Waals surface area contributed by atoms with Gasteiger partial charge in [0.05, 0.1) is 5.56 Å². The van der Waals surface area contributed by atoms with Crippen LogP contribution in [-0.2, 0) is 11.0 Å². The van der Waals surface area contributed by atoms with Crippen LogP contribution in [0.25, 0.3) is 0 Å². The first-order valence-electron chi connectivity index (χ1n) is 5.47. The van der Waals surface area contributed by atoms with E-state index in [1.54, 1.807) is 0 Å². The van der Waals surface area contributed by atoms with Gasteiger partial charge in [-0.3, -0.25) is 4.79 Å². The van der Waals surface area contributed by atoms with Gasteiger partial charge in [0.15, 0.2) is 6.10 Å². The summed E-state index contributed by atoms with van der Waals surface area (Å²) in [5, 5.41) is 0. The van der Waals surface area contributed by atoms with Gasteiger partial charge in [-0.05, 0) is 25.1 Å². The number of rotatable bonds is 3. The maximum atomic E-state index is 12.8. The summed E-state index contributed by atoms with van der Waals surface area (Å²) in [6, 6.07) is 3.18. The van der Waals surface area contributed by atoms with Gasteiger partial charge in [0, 0.05) is 19.8 Å². The number of halogens is 3. The van der Waals surface area contributed by atoms with E-state index in [0.717, 1.165) is 12.1 Å². The zero-order chi connectivity index (χ0) is 14.8. The number of hydrogen-bond donors (Lipinski definition) is 1. The van der Waals surface area contributed by atoms with Gasteiger partial charge in [0.1, 0.15) is 5.75 Å². The molecule has 4 nitrogen and oxygen atoms in total. The number of nitrogens with two attached hydrogens (primary N) is 1. The topological polar surface area (TPSA) is 55.6 Å². The molecule has 0 saturated carbocycles. The quantitative estimate of drug-likeness (QED) is 0.861. The van der Waals surface area contributed by atoms with Crippen molar-refractivity contribution in [2.45, 2.75) is 19.2 Å². The van der Waals surface area contributed by atoms with E-state index in [-0.39, 0.29) is 5.69 Å². The number of nitrogens with zero attached hydrogens (tertiary/aromatic N) is 1. The lowest BCUT2D eigenvalue weighted by atomic mass is 10.1. The molecule has 0 aliphatic rings. The van der Waals surface area contributed by atoms with Crippen LogP contribution in [0.1, 0.15) is 12.5 Å². The maximum Gasteiger partial charge on any atom is 0.420 e. The van der Waals surface area contributed by atoms with Crippen LogP contribution in [0.3, 0.4) is 0 Å². The lowest BCUT2D eigenvalue weighted by molar-refractivity contribution is -0.142. The SMILES string of the molecule is CC(Oc1ccc(N)cc1C(F)(F)F)C(=O)N(C)C. The molecular weight excluding hydrogens is 261 g/mol. The molecule has 1 atom stereocenters. The van der Waals surface area contributed by atoms with Crippen molar-refractivity contribution >= 4 is 11.6 Å². The molecule has 0 heterocycles. The van der Waals surface area contributed by atoms with Crippen molar-refractivity contribution in [3.8, 4) is 5.75 Å². The molecular formula is C12H15F3N2O2. The highest BCUT2D eigenvalue weighted by Crippen LogP contribution is 2.37. The molecule has 2 N–H and O–H groups in total. The van der Waals surface area contributed by atoms with E-state index in [1.165, 1.54) is 32.0 Å². The molecule has 0 radical (unpaired) electrons. The molecule has 1 unspecified atom stereocenters. The number of amides is 1. The van der Waals surface area contributed by atoms with Crippen molar-refractivity contribution in [1.82, 2.24) is 4.90 Å². The number of anilines is 1. The second-order valence-electron chi connectivity index (χ2n) is 4.25. The molecule has 0 bridgehead atoms. The summed E-state index contributed by atoms with van der Waals surface area (Å²) in [6.45, 7) is 1.39. The molecule has 0 spiro atoms. The largest absolute Gasteiger partial charge is 0.480 e. The van der Waals surface area contributed by atoms with Gasteiger partial charge < -0.3 is 15.4 Å². The molecule has 0 aliphatic carbocycles. The third-order valence-corrected chi connectivity index (χ3v) is 2.40. The molecule has 1 amide bonds. The number of likely N-dealkylation sites (N-methyl/N-ethyl adjacent to an activating group) is 1. The Hall–Kier alpha value is -1.92. The van der Waals surface area contributed by atoms with E-state index in [9.17, 15) is 18.0 Å². The second-order valence-corrected chi connectivity index (χ2v) is 4.25. The molecule has 0 fully saturated rings. The van der Waals surface area contributed by atoms with Gasteiger partial charge in [-0.2, -0.15) is 13.2 Å². The zero-order valence-corrected chi connectivity index (χ0v) is 10.8. The van der Waals surface area contributed by atoms with E-state index in [4.69, 9.17) is 10.5 Å². The first-order valence-corrected chi connectivity index (χ1v) is 5.47. The lowest BCUT2D eigenvalue weighted by Crippen LogP contribution is -2.35. The van der Waals surface area contributed by atoms with Crippen molar-refractivity contribution in [2.24, 2.45) is 0 Å². The van der Waals surface area contributed by atoms with Gasteiger partial charge >= 0.3 is 6.18 Å². The summed E-state index contributed by atoms with van der Waals surface area (Å²) in [7, 11) is 2.99. The number of alkyl halides is 3. The minimum atomic E-state index is -4.59. The molecule has 7 heteroatoms. The summed E-state index contributed by atoms with van der Waals surface area (Å²) in [5.74, 6) is -0.839. The third kappa shape index (κ3) is 3.77. The van der Waals surface area contributed by atoms with E-state index in [1.807, 2.05) is 0 Å². The fourth-order valence-corrected chi connectivity index (χ4v) is 1.48. The highest BCUT2D eigenvalue weighted by molar-refractivity contribution is 5.80. The third-order valence-electron chi connectivity index (χ3n) is 2.40. The molecule has 106 valence electrons. The lowest BCUT2D eigenvalue weighted by Gasteiger charge is -2.21. The summed E-state index contributed by atoms with van der Waals surface area (Å²) in [6.07, 6.45) is -5.61. The number of nitrogen functional groups attached to an aromatic ring is 1. The van der Waals surface area contributed by atoms with E-state index in [0.29, 0.717) is 0 Å². The minimum Gasteiger partial charge on any atom is -0.480 e. The minimum absolute atomic E-state index is 0.0220.